The van der Waals surface area contributed by atoms with Gasteiger partial charge < -0.3 is 34.9 Å². The van der Waals surface area contributed by atoms with E-state index in [0.29, 0.717) is 24.3 Å². The van der Waals surface area contributed by atoms with Crippen LogP contribution in [0.15, 0.2) is 28.4 Å². The summed E-state index contributed by atoms with van der Waals surface area (Å²) in [4.78, 5) is 19.9. The molecule has 5 aliphatic rings. The van der Waals surface area contributed by atoms with Crippen LogP contribution in [-0.4, -0.2) is 83.8 Å². The van der Waals surface area contributed by atoms with E-state index >= 15 is 0 Å². The van der Waals surface area contributed by atoms with Crippen LogP contribution >= 0.6 is 11.8 Å². The first kappa shape index (κ1) is 26.7. The molecule has 0 radical (unpaired) electrons. The molecule has 10 nitrogen and oxygen atoms in total. The van der Waals surface area contributed by atoms with Crippen molar-refractivity contribution in [3.05, 3.63) is 24.2 Å². The first-order valence-corrected chi connectivity index (χ1v) is 15.6. The van der Waals surface area contributed by atoms with E-state index in [4.69, 9.17) is 29.9 Å². The molecule has 3 atom stereocenters. The van der Waals surface area contributed by atoms with Crippen molar-refractivity contribution < 1.29 is 19.3 Å². The predicted octanol–water partition coefficient (Wildman–Crippen LogP) is 3.01. The minimum absolute atomic E-state index is 0.0529. The van der Waals surface area contributed by atoms with Gasteiger partial charge in [0.1, 0.15) is 17.3 Å². The van der Waals surface area contributed by atoms with E-state index in [1.165, 1.54) is 18.2 Å². The zero-order valence-electron chi connectivity index (χ0n) is 23.3. The average Bonchev–Trinajstić information content (AvgIpc) is 3.51. The number of nitrogens with zero attached hydrogens (tertiary/aromatic N) is 5. The Morgan fingerprint density at radius 3 is 2.77 bits per heavy atom. The van der Waals surface area contributed by atoms with Gasteiger partial charge in [0, 0.05) is 49.8 Å². The monoisotopic (exact) mass is 568 g/mol. The maximum absolute atomic E-state index is 10.2. The lowest BCUT2D eigenvalue weighted by Gasteiger charge is -2.47. The van der Waals surface area contributed by atoms with Crippen molar-refractivity contribution in [2.75, 3.05) is 55.9 Å². The molecule has 2 spiro atoms. The fourth-order valence-corrected chi connectivity index (χ4v) is 8.27. The van der Waals surface area contributed by atoms with Gasteiger partial charge in [-0.05, 0) is 51.5 Å². The van der Waals surface area contributed by atoms with Crippen LogP contribution in [0.3, 0.4) is 0 Å². The van der Waals surface area contributed by atoms with E-state index in [2.05, 4.69) is 14.8 Å². The van der Waals surface area contributed by atoms with Crippen LogP contribution in [0.1, 0.15) is 51.1 Å². The van der Waals surface area contributed by atoms with Gasteiger partial charge in [0.25, 0.3) is 0 Å². The summed E-state index contributed by atoms with van der Waals surface area (Å²) in [7, 11) is 0. The van der Waals surface area contributed by atoms with Gasteiger partial charge in [-0.1, -0.05) is 11.8 Å². The molecular formula is C29H40N6O4S. The molecule has 11 heteroatoms. The smallest absolute Gasteiger partial charge is 0.175 e. The first-order chi connectivity index (χ1) is 19.5. The third-order valence-electron chi connectivity index (χ3n) is 9.90. The van der Waals surface area contributed by atoms with Gasteiger partial charge >= 0.3 is 0 Å². The summed E-state index contributed by atoms with van der Waals surface area (Å²) in [6, 6.07) is 2.41. The Kier molecular flexibility index (Phi) is 7.06. The van der Waals surface area contributed by atoms with E-state index in [-0.39, 0.29) is 23.7 Å². The third-order valence-corrected chi connectivity index (χ3v) is 10.8. The zero-order chi connectivity index (χ0) is 27.3. The van der Waals surface area contributed by atoms with Crippen LogP contribution in [0, 0.1) is 11.3 Å². The second-order valence-corrected chi connectivity index (χ2v) is 13.2. The Hall–Kier alpha value is -2.18. The number of ether oxygens (including phenoxy) is 3. The van der Waals surface area contributed by atoms with E-state index in [1.54, 1.807) is 0 Å². The van der Waals surface area contributed by atoms with Crippen molar-refractivity contribution in [3.63, 3.8) is 0 Å². The van der Waals surface area contributed by atoms with Gasteiger partial charge in [-0.3, -0.25) is 0 Å². The number of anilines is 2. The highest BCUT2D eigenvalue weighted by Crippen LogP contribution is 2.53. The second-order valence-electron chi connectivity index (χ2n) is 12.1. The van der Waals surface area contributed by atoms with Gasteiger partial charge in [0.15, 0.2) is 17.4 Å². The van der Waals surface area contributed by atoms with Gasteiger partial charge in [0.2, 0.25) is 0 Å². The van der Waals surface area contributed by atoms with Crippen molar-refractivity contribution in [2.24, 2.45) is 17.1 Å². The summed E-state index contributed by atoms with van der Waals surface area (Å²) >= 11 is 1.51. The average molecular weight is 569 g/mol. The van der Waals surface area contributed by atoms with Crippen molar-refractivity contribution in [1.29, 1.82) is 0 Å². The number of hydrogen-bond acceptors (Lipinski definition) is 11. The molecule has 6 heterocycles. The number of nitrogens with two attached hydrogens (primary N) is 1. The van der Waals surface area contributed by atoms with E-state index < -0.39 is 0 Å². The summed E-state index contributed by atoms with van der Waals surface area (Å²) in [5.41, 5.74) is 7.36. The normalized spacial score (nSPS) is 27.9. The number of aliphatic hydroxyl groups is 1. The standard InChI is InChI=1S/C29H40N6O4S/c1-2-37-16-19-12-20-17-38-24-22(4-9-31-26(24)35(20)14-19)40-23-13-32-25(21(15-36)33-23)34-10-7-28(8-11-34)18-39-29(27(28)30)5-3-6-29/h4,9,13,19-20,27,36H,2-3,5-8,10-12,14-18,30H2,1H3/t19-,20-,27-/m0/s1. The first-order valence-electron chi connectivity index (χ1n) is 14.8. The highest BCUT2D eigenvalue weighted by molar-refractivity contribution is 7.99. The molecule has 0 bridgehead atoms. The highest BCUT2D eigenvalue weighted by Gasteiger charge is 2.59. The molecule has 3 N–H and O–H groups in total. The summed E-state index contributed by atoms with van der Waals surface area (Å²) in [6.07, 6.45) is 10.1. The van der Waals surface area contributed by atoms with Crippen LogP contribution in [0.4, 0.5) is 11.6 Å². The van der Waals surface area contributed by atoms with Crippen molar-refractivity contribution in [2.45, 2.75) is 79.7 Å². The minimum Gasteiger partial charge on any atom is -0.486 e. The van der Waals surface area contributed by atoms with Crippen molar-refractivity contribution in [3.8, 4) is 5.75 Å². The van der Waals surface area contributed by atoms with E-state index in [9.17, 15) is 5.11 Å². The zero-order valence-corrected chi connectivity index (χ0v) is 24.1. The molecule has 0 unspecified atom stereocenters. The van der Waals surface area contributed by atoms with Crippen molar-refractivity contribution in [1.82, 2.24) is 15.0 Å². The lowest BCUT2D eigenvalue weighted by molar-refractivity contribution is -0.0646. The Bertz CT molecular complexity index is 1240. The summed E-state index contributed by atoms with van der Waals surface area (Å²) in [5, 5.41) is 11.0. The Labute approximate surface area is 240 Å². The fraction of sp³-hybridized carbons (Fsp3) is 0.690. The summed E-state index contributed by atoms with van der Waals surface area (Å²) in [6.45, 7) is 7.42. The van der Waals surface area contributed by atoms with Crippen LogP contribution in [-0.2, 0) is 16.1 Å². The molecule has 2 aromatic heterocycles. The molecule has 40 heavy (non-hydrogen) atoms. The van der Waals surface area contributed by atoms with E-state index in [0.717, 1.165) is 98.9 Å². The number of hydrogen-bond donors (Lipinski definition) is 2. The van der Waals surface area contributed by atoms with Gasteiger partial charge in [-0.15, -0.1) is 0 Å². The second kappa shape index (κ2) is 10.6. The minimum atomic E-state index is -0.161. The highest BCUT2D eigenvalue weighted by atomic mass is 32.2. The number of pyridine rings is 1. The maximum Gasteiger partial charge on any atom is 0.175 e. The summed E-state index contributed by atoms with van der Waals surface area (Å²) in [5.74, 6) is 2.95. The van der Waals surface area contributed by atoms with Crippen LogP contribution in [0.25, 0.3) is 0 Å². The molecule has 4 aliphatic heterocycles. The molecule has 0 amide bonds. The van der Waals surface area contributed by atoms with Gasteiger partial charge in [-0.2, -0.15) is 0 Å². The fourth-order valence-electron chi connectivity index (χ4n) is 7.42. The topological polar surface area (TPSA) is 119 Å². The summed E-state index contributed by atoms with van der Waals surface area (Å²) < 4.78 is 18.2. The molecule has 7 rings (SSSR count). The predicted molar refractivity (Wildman–Crippen MR) is 152 cm³/mol. The molecule has 0 aromatic carbocycles. The van der Waals surface area contributed by atoms with Crippen LogP contribution < -0.4 is 20.3 Å². The van der Waals surface area contributed by atoms with Gasteiger partial charge in [-0.25, -0.2) is 15.0 Å². The SMILES string of the molecule is CCOC[C@H]1C[C@H]2COc3c(Sc4cnc(N5CCC6(CC5)COC5(CCC5)[C@H]6N)c(CO)n4)ccnc3N2C1. The molecule has 2 aromatic rings. The Morgan fingerprint density at radius 1 is 1.20 bits per heavy atom. The van der Waals surface area contributed by atoms with Gasteiger partial charge in [0.05, 0.1) is 42.6 Å². The number of aliphatic hydroxyl groups excluding tert-OH is 1. The number of fused-ring (bicyclic) bond motifs is 3. The lowest BCUT2D eigenvalue weighted by Crippen LogP contribution is -2.58. The van der Waals surface area contributed by atoms with Crippen molar-refractivity contribution >= 4 is 23.4 Å². The van der Waals surface area contributed by atoms with Crippen LogP contribution in [0.5, 0.6) is 5.75 Å². The largest absolute Gasteiger partial charge is 0.486 e. The Balaban J connectivity index is 1.05. The quantitative estimate of drug-likeness (QED) is 0.513. The molecule has 1 aliphatic carbocycles. The number of piperidine rings is 1. The number of aromatic nitrogens is 3. The maximum atomic E-state index is 10.2. The molecule has 216 valence electrons. The molecule has 3 saturated heterocycles. The molecule has 4 fully saturated rings. The van der Waals surface area contributed by atoms with Crippen LogP contribution in [0.2, 0.25) is 0 Å². The molecule has 1 saturated carbocycles. The molecular weight excluding hydrogens is 528 g/mol. The third kappa shape index (κ3) is 4.45. The van der Waals surface area contributed by atoms with E-state index in [1.807, 2.05) is 25.4 Å². The lowest BCUT2D eigenvalue weighted by atomic mass is 9.64. The Morgan fingerprint density at radius 2 is 2.05 bits per heavy atom. The number of rotatable bonds is 7.